The number of hydrogen-bond acceptors (Lipinski definition) is 3. The maximum Gasteiger partial charge on any atom is 0.263 e. The average Bonchev–Trinajstić information content (AvgIpc) is 2.31. The Balaban J connectivity index is 2.40. The van der Waals surface area contributed by atoms with E-state index < -0.39 is 5.60 Å². The fourth-order valence-electron chi connectivity index (χ4n) is 1.91. The molecule has 1 aliphatic heterocycles. The van der Waals surface area contributed by atoms with Gasteiger partial charge in [0.05, 0.1) is 0 Å². The molecule has 4 heteroatoms. The van der Waals surface area contributed by atoms with Gasteiger partial charge in [0.15, 0.2) is 5.60 Å². The first-order valence-electron chi connectivity index (χ1n) is 5.23. The number of rotatable bonds is 2. The molecule has 0 aliphatic carbocycles. The highest BCUT2D eigenvalue weighted by molar-refractivity contribution is 6.02. The summed E-state index contributed by atoms with van der Waals surface area (Å²) in [4.78, 5) is 23.0. The molecule has 0 bridgehead atoms. The molecule has 0 aromatic heterocycles. The minimum Gasteiger partial charge on any atom is -0.351 e. The van der Waals surface area contributed by atoms with Crippen LogP contribution in [0.1, 0.15) is 18.9 Å². The molecule has 2 amide bonds. The van der Waals surface area contributed by atoms with Crippen LogP contribution in [0.5, 0.6) is 0 Å². The standard InChI is InChI=1S/C12H13NO3/c1-2-12(9-6-4-3-5-7-9)11(15)13-10(14)8-16-12/h3-7H,2,8H2,1H3,(H,13,14,15)/t12-/m1/s1. The summed E-state index contributed by atoms with van der Waals surface area (Å²) in [6.07, 6.45) is 0.496. The summed E-state index contributed by atoms with van der Waals surface area (Å²) in [5.41, 5.74) is -0.239. The van der Waals surface area contributed by atoms with Crippen LogP contribution in [-0.4, -0.2) is 18.4 Å². The second kappa shape index (κ2) is 4.06. The molecule has 16 heavy (non-hydrogen) atoms. The third kappa shape index (κ3) is 1.61. The van der Waals surface area contributed by atoms with Crippen LogP contribution in [0.25, 0.3) is 0 Å². The zero-order chi connectivity index (χ0) is 11.6. The van der Waals surface area contributed by atoms with Crippen LogP contribution in [0.2, 0.25) is 0 Å². The highest BCUT2D eigenvalue weighted by Crippen LogP contribution is 2.31. The molecule has 1 N–H and O–H groups in total. The van der Waals surface area contributed by atoms with Gasteiger partial charge in [0.25, 0.3) is 11.8 Å². The topological polar surface area (TPSA) is 55.4 Å². The van der Waals surface area contributed by atoms with Crippen molar-refractivity contribution < 1.29 is 14.3 Å². The first-order chi connectivity index (χ1) is 7.69. The number of morpholine rings is 1. The molecule has 1 fully saturated rings. The number of benzene rings is 1. The zero-order valence-corrected chi connectivity index (χ0v) is 9.03. The Kier molecular flexibility index (Phi) is 2.75. The minimum absolute atomic E-state index is 0.0749. The molecule has 84 valence electrons. The van der Waals surface area contributed by atoms with Crippen molar-refractivity contribution in [3.8, 4) is 0 Å². The second-order valence-corrected chi connectivity index (χ2v) is 3.71. The number of imide groups is 1. The minimum atomic E-state index is -1.02. The van der Waals surface area contributed by atoms with Crippen molar-refractivity contribution in [2.45, 2.75) is 18.9 Å². The van der Waals surface area contributed by atoms with E-state index in [0.29, 0.717) is 6.42 Å². The van der Waals surface area contributed by atoms with Crippen molar-refractivity contribution in [3.05, 3.63) is 35.9 Å². The number of amides is 2. The summed E-state index contributed by atoms with van der Waals surface area (Å²) in [5, 5.41) is 2.32. The van der Waals surface area contributed by atoms with Crippen LogP contribution in [0.4, 0.5) is 0 Å². The summed E-state index contributed by atoms with van der Waals surface area (Å²) >= 11 is 0. The van der Waals surface area contributed by atoms with Crippen molar-refractivity contribution in [2.75, 3.05) is 6.61 Å². The second-order valence-electron chi connectivity index (χ2n) is 3.71. The summed E-state index contributed by atoms with van der Waals surface area (Å²) < 4.78 is 5.46. The molecule has 1 heterocycles. The van der Waals surface area contributed by atoms with Crippen LogP contribution in [0, 0.1) is 0 Å². The fraction of sp³-hybridized carbons (Fsp3) is 0.333. The molecule has 0 spiro atoms. The SMILES string of the molecule is CC[C@]1(c2ccccc2)OCC(=O)NC1=O. The van der Waals surface area contributed by atoms with E-state index in [1.807, 2.05) is 37.3 Å². The van der Waals surface area contributed by atoms with E-state index in [1.165, 1.54) is 0 Å². The predicted molar refractivity (Wildman–Crippen MR) is 57.5 cm³/mol. The fourth-order valence-corrected chi connectivity index (χ4v) is 1.91. The first-order valence-corrected chi connectivity index (χ1v) is 5.23. The summed E-state index contributed by atoms with van der Waals surface area (Å²) in [6, 6.07) is 9.23. The van der Waals surface area contributed by atoms with E-state index in [9.17, 15) is 9.59 Å². The zero-order valence-electron chi connectivity index (χ0n) is 9.03. The Bertz CT molecular complexity index is 416. The number of ether oxygens (including phenoxy) is 1. The molecule has 0 radical (unpaired) electrons. The van der Waals surface area contributed by atoms with Gasteiger partial charge in [0.1, 0.15) is 6.61 Å². The first kappa shape index (κ1) is 10.8. The van der Waals surface area contributed by atoms with Gasteiger partial charge in [-0.2, -0.15) is 0 Å². The number of hydrogen-bond donors (Lipinski definition) is 1. The lowest BCUT2D eigenvalue weighted by atomic mass is 9.89. The normalized spacial score (nSPS) is 25.3. The molecule has 1 atom stereocenters. The van der Waals surface area contributed by atoms with E-state index in [0.717, 1.165) is 5.56 Å². The molecule has 0 saturated carbocycles. The lowest BCUT2D eigenvalue weighted by Crippen LogP contribution is -2.55. The molecule has 0 unspecified atom stereocenters. The Morgan fingerprint density at radius 3 is 2.56 bits per heavy atom. The van der Waals surface area contributed by atoms with E-state index in [1.54, 1.807) is 0 Å². The molecule has 4 nitrogen and oxygen atoms in total. The van der Waals surface area contributed by atoms with Crippen LogP contribution < -0.4 is 5.32 Å². The van der Waals surface area contributed by atoms with Gasteiger partial charge in [-0.15, -0.1) is 0 Å². The van der Waals surface area contributed by atoms with Crippen LogP contribution in [0.3, 0.4) is 0 Å². The average molecular weight is 219 g/mol. The summed E-state index contributed by atoms with van der Waals surface area (Å²) in [5.74, 6) is -0.762. The maximum atomic E-state index is 11.9. The molecular formula is C12H13NO3. The van der Waals surface area contributed by atoms with E-state index in [2.05, 4.69) is 5.32 Å². The van der Waals surface area contributed by atoms with Gasteiger partial charge in [-0.25, -0.2) is 0 Å². The van der Waals surface area contributed by atoms with Gasteiger partial charge in [-0.1, -0.05) is 37.3 Å². The van der Waals surface area contributed by atoms with Crippen LogP contribution in [-0.2, 0) is 19.9 Å². The van der Waals surface area contributed by atoms with Crippen molar-refractivity contribution in [1.82, 2.24) is 5.32 Å². The van der Waals surface area contributed by atoms with Crippen molar-refractivity contribution in [1.29, 1.82) is 0 Å². The van der Waals surface area contributed by atoms with E-state index in [4.69, 9.17) is 4.74 Å². The molecule has 2 rings (SSSR count). The lowest BCUT2D eigenvalue weighted by molar-refractivity contribution is -0.166. The van der Waals surface area contributed by atoms with Crippen LogP contribution in [0.15, 0.2) is 30.3 Å². The molecule has 1 aromatic carbocycles. The Morgan fingerprint density at radius 2 is 2.00 bits per heavy atom. The van der Waals surface area contributed by atoms with E-state index >= 15 is 0 Å². The Morgan fingerprint density at radius 1 is 1.31 bits per heavy atom. The number of carbonyl (C=O) groups is 2. The third-order valence-electron chi connectivity index (χ3n) is 2.81. The number of carbonyl (C=O) groups excluding carboxylic acids is 2. The third-order valence-corrected chi connectivity index (χ3v) is 2.81. The molecular weight excluding hydrogens is 206 g/mol. The van der Waals surface area contributed by atoms with Gasteiger partial charge in [-0.05, 0) is 12.0 Å². The summed E-state index contributed by atoms with van der Waals surface area (Å²) in [6.45, 7) is 1.79. The Labute approximate surface area is 93.6 Å². The van der Waals surface area contributed by atoms with Gasteiger partial charge in [0, 0.05) is 0 Å². The van der Waals surface area contributed by atoms with Crippen LogP contribution >= 0.6 is 0 Å². The monoisotopic (exact) mass is 219 g/mol. The lowest BCUT2D eigenvalue weighted by Gasteiger charge is -2.34. The van der Waals surface area contributed by atoms with Crippen molar-refractivity contribution >= 4 is 11.8 Å². The van der Waals surface area contributed by atoms with E-state index in [-0.39, 0.29) is 18.4 Å². The quantitative estimate of drug-likeness (QED) is 0.754. The number of nitrogens with one attached hydrogen (secondary N) is 1. The predicted octanol–water partition coefficient (Wildman–Crippen LogP) is 0.965. The van der Waals surface area contributed by atoms with Gasteiger partial charge in [-0.3, -0.25) is 14.9 Å². The highest BCUT2D eigenvalue weighted by Gasteiger charge is 2.44. The molecule has 1 aromatic rings. The van der Waals surface area contributed by atoms with Crippen molar-refractivity contribution in [3.63, 3.8) is 0 Å². The van der Waals surface area contributed by atoms with Gasteiger partial charge >= 0.3 is 0 Å². The highest BCUT2D eigenvalue weighted by atomic mass is 16.5. The largest absolute Gasteiger partial charge is 0.351 e. The van der Waals surface area contributed by atoms with Crippen molar-refractivity contribution in [2.24, 2.45) is 0 Å². The van der Waals surface area contributed by atoms with Gasteiger partial charge in [0.2, 0.25) is 0 Å². The smallest absolute Gasteiger partial charge is 0.263 e. The summed E-state index contributed by atoms with van der Waals surface area (Å²) in [7, 11) is 0. The molecule has 1 aliphatic rings. The maximum absolute atomic E-state index is 11.9. The Hall–Kier alpha value is -1.68. The van der Waals surface area contributed by atoms with Gasteiger partial charge < -0.3 is 4.74 Å². The molecule has 1 saturated heterocycles.